The molecule has 0 saturated heterocycles. The lowest BCUT2D eigenvalue weighted by atomic mass is 9.91. The monoisotopic (exact) mass is 174 g/mol. The van der Waals surface area contributed by atoms with Crippen LogP contribution in [0.5, 0.6) is 0 Å². The van der Waals surface area contributed by atoms with Crippen molar-refractivity contribution in [2.24, 2.45) is 35.5 Å². The van der Waals surface area contributed by atoms with Crippen LogP contribution in [0.4, 0.5) is 0 Å². The van der Waals surface area contributed by atoms with Crippen molar-refractivity contribution in [1.29, 1.82) is 0 Å². The first kappa shape index (κ1) is 7.09. The lowest BCUT2D eigenvalue weighted by Crippen LogP contribution is -2.04. The Kier molecular flexibility index (Phi) is 1.11. The summed E-state index contributed by atoms with van der Waals surface area (Å²) in [5, 5.41) is 0. The molecule has 0 aliphatic heterocycles. The topological polar surface area (TPSA) is 0 Å². The average molecular weight is 174 g/mol. The van der Waals surface area contributed by atoms with Crippen molar-refractivity contribution in [3.8, 4) is 0 Å². The Labute approximate surface area is 80.4 Å². The first-order chi connectivity index (χ1) is 6.42. The number of unbranched alkanes of at least 4 members (excludes halogenated alkanes) is 1. The molecule has 5 rings (SSSR count). The maximum Gasteiger partial charge on any atom is -0.0135 e. The van der Waals surface area contributed by atoms with Gasteiger partial charge in [-0.25, -0.2) is 0 Å². The molecule has 6 bridgehead atoms. The van der Waals surface area contributed by atoms with E-state index in [0.717, 1.165) is 17.8 Å². The Morgan fingerprint density at radius 3 is 2.85 bits per heavy atom. The van der Waals surface area contributed by atoms with Crippen molar-refractivity contribution in [1.82, 2.24) is 0 Å². The quantitative estimate of drug-likeness (QED) is 0.576. The third-order valence-electron chi connectivity index (χ3n) is 5.31. The minimum atomic E-state index is 1.08. The third-order valence-corrected chi connectivity index (χ3v) is 5.31. The van der Waals surface area contributed by atoms with Gasteiger partial charge in [-0.1, -0.05) is 25.0 Å². The maximum atomic E-state index is 2.69. The molecule has 4 fully saturated rings. The van der Waals surface area contributed by atoms with Gasteiger partial charge in [-0.05, 0) is 54.8 Å². The highest BCUT2D eigenvalue weighted by Crippen LogP contribution is 2.80. The molecular weight excluding hydrogens is 156 g/mol. The number of hydrogen-bond donors (Lipinski definition) is 0. The minimum Gasteiger partial charge on any atom is -0.0813 e. The summed E-state index contributed by atoms with van der Waals surface area (Å²) >= 11 is 0. The molecule has 0 heterocycles. The fraction of sp³-hybridized carbons (Fsp3) is 0.846. The predicted molar refractivity (Wildman–Crippen MR) is 53.2 cm³/mol. The van der Waals surface area contributed by atoms with Crippen LogP contribution in [0.2, 0.25) is 0 Å². The summed E-state index contributed by atoms with van der Waals surface area (Å²) in [5.74, 6) is 6.92. The molecule has 70 valence electrons. The second-order valence-electron chi connectivity index (χ2n) is 5.67. The zero-order chi connectivity index (χ0) is 8.58. The van der Waals surface area contributed by atoms with Crippen LogP contribution in [0.15, 0.2) is 11.6 Å². The Morgan fingerprint density at radius 1 is 1.31 bits per heavy atom. The van der Waals surface area contributed by atoms with Crippen LogP contribution < -0.4 is 0 Å². The summed E-state index contributed by atoms with van der Waals surface area (Å²) in [7, 11) is 0. The largest absolute Gasteiger partial charge is 0.0813 e. The van der Waals surface area contributed by atoms with E-state index < -0.39 is 0 Å². The van der Waals surface area contributed by atoms with Gasteiger partial charge in [0.1, 0.15) is 0 Å². The average Bonchev–Trinajstić information content (AvgIpc) is 2.57. The van der Waals surface area contributed by atoms with E-state index >= 15 is 0 Å². The van der Waals surface area contributed by atoms with E-state index in [1.807, 2.05) is 5.57 Å². The van der Waals surface area contributed by atoms with Crippen LogP contribution >= 0.6 is 0 Å². The van der Waals surface area contributed by atoms with Crippen LogP contribution in [-0.2, 0) is 0 Å². The van der Waals surface area contributed by atoms with E-state index in [1.165, 1.54) is 37.0 Å². The van der Waals surface area contributed by atoms with Gasteiger partial charge in [0.15, 0.2) is 0 Å². The Balaban J connectivity index is 1.60. The lowest BCUT2D eigenvalue weighted by Gasteiger charge is -2.13. The predicted octanol–water partition coefficient (Wildman–Crippen LogP) is 3.24. The summed E-state index contributed by atoms with van der Waals surface area (Å²) in [4.78, 5) is 0. The molecule has 0 radical (unpaired) electrons. The van der Waals surface area contributed by atoms with Crippen molar-refractivity contribution in [2.75, 3.05) is 0 Å². The molecule has 0 N–H and O–H groups in total. The zero-order valence-electron chi connectivity index (χ0n) is 8.37. The van der Waals surface area contributed by atoms with Crippen LogP contribution in [-0.4, -0.2) is 0 Å². The van der Waals surface area contributed by atoms with Gasteiger partial charge >= 0.3 is 0 Å². The fourth-order valence-corrected chi connectivity index (χ4v) is 4.96. The molecule has 13 heavy (non-hydrogen) atoms. The van der Waals surface area contributed by atoms with Gasteiger partial charge in [-0.3, -0.25) is 0 Å². The molecule has 6 atom stereocenters. The second kappa shape index (κ2) is 2.04. The Bertz CT molecular complexity index is 288. The summed E-state index contributed by atoms with van der Waals surface area (Å²) in [6, 6.07) is 0. The van der Waals surface area contributed by atoms with Gasteiger partial charge in [0.25, 0.3) is 0 Å². The Morgan fingerprint density at radius 2 is 2.23 bits per heavy atom. The maximum absolute atomic E-state index is 2.69. The van der Waals surface area contributed by atoms with Crippen molar-refractivity contribution < 1.29 is 0 Å². The van der Waals surface area contributed by atoms with E-state index in [2.05, 4.69) is 13.0 Å². The molecular formula is C13H18. The first-order valence-electron chi connectivity index (χ1n) is 6.12. The third kappa shape index (κ3) is 0.639. The molecule has 0 amide bonds. The second-order valence-corrected chi connectivity index (χ2v) is 5.67. The van der Waals surface area contributed by atoms with Gasteiger partial charge < -0.3 is 0 Å². The van der Waals surface area contributed by atoms with Crippen molar-refractivity contribution in [2.45, 2.75) is 32.6 Å². The summed E-state index contributed by atoms with van der Waals surface area (Å²) in [6.45, 7) is 2.31. The highest BCUT2D eigenvalue weighted by Gasteiger charge is 2.75. The first-order valence-corrected chi connectivity index (χ1v) is 6.12. The van der Waals surface area contributed by atoms with Gasteiger partial charge in [-0.2, -0.15) is 0 Å². The lowest BCUT2D eigenvalue weighted by molar-refractivity contribution is 0.452. The molecule has 0 aromatic rings. The van der Waals surface area contributed by atoms with Gasteiger partial charge in [0, 0.05) is 0 Å². The van der Waals surface area contributed by atoms with Crippen LogP contribution in [0.3, 0.4) is 0 Å². The molecule has 5 aliphatic carbocycles. The number of allylic oxidation sites excluding steroid dienone is 2. The van der Waals surface area contributed by atoms with Crippen LogP contribution in [0, 0.1) is 35.5 Å². The van der Waals surface area contributed by atoms with Gasteiger partial charge in [-0.15, -0.1) is 0 Å². The van der Waals surface area contributed by atoms with E-state index in [4.69, 9.17) is 0 Å². The summed E-state index contributed by atoms with van der Waals surface area (Å²) in [5.41, 5.74) is 1.89. The van der Waals surface area contributed by atoms with Gasteiger partial charge in [0.2, 0.25) is 0 Å². The molecule has 0 heteroatoms. The molecule has 0 nitrogen and oxygen atoms in total. The smallest absolute Gasteiger partial charge is 0.0135 e. The van der Waals surface area contributed by atoms with Crippen LogP contribution in [0.1, 0.15) is 32.6 Å². The number of rotatable bonds is 3. The molecule has 4 saturated carbocycles. The molecule has 5 aliphatic rings. The van der Waals surface area contributed by atoms with Crippen LogP contribution in [0.25, 0.3) is 0 Å². The molecule has 0 spiro atoms. The van der Waals surface area contributed by atoms with Crippen molar-refractivity contribution >= 4 is 0 Å². The standard InChI is InChI=1S/C13H18/c1-2-3-4-7-5-8-9-6-10-12(8)13(10)11(7)9/h5,8-13H,2-4,6H2,1H3/t8-,9+,10-,11+,12-,13-/m1/s1. The van der Waals surface area contributed by atoms with E-state index in [9.17, 15) is 0 Å². The molecule has 0 unspecified atom stereocenters. The summed E-state index contributed by atoms with van der Waals surface area (Å²) in [6.07, 6.45) is 8.54. The molecule has 0 aromatic carbocycles. The Hall–Kier alpha value is -0.260. The highest BCUT2D eigenvalue weighted by atomic mass is 14.8. The van der Waals surface area contributed by atoms with E-state index in [1.54, 1.807) is 6.42 Å². The highest BCUT2D eigenvalue weighted by molar-refractivity contribution is 5.37. The van der Waals surface area contributed by atoms with E-state index in [0.29, 0.717) is 0 Å². The van der Waals surface area contributed by atoms with Crippen molar-refractivity contribution in [3.05, 3.63) is 11.6 Å². The molecule has 0 aromatic heterocycles. The number of hydrogen-bond acceptors (Lipinski definition) is 0. The normalized spacial score (nSPS) is 58.7. The van der Waals surface area contributed by atoms with Gasteiger partial charge in [0.05, 0.1) is 0 Å². The van der Waals surface area contributed by atoms with E-state index in [-0.39, 0.29) is 0 Å². The SMILES string of the molecule is CCCCC1=C[C@@H]2[C@@H]3C[C@@H]4[C@@H]2[C@H]4[C@@H]13. The van der Waals surface area contributed by atoms with Crippen molar-refractivity contribution in [3.63, 3.8) is 0 Å². The minimum absolute atomic E-state index is 1.08. The fourth-order valence-electron chi connectivity index (χ4n) is 4.96. The zero-order valence-corrected chi connectivity index (χ0v) is 8.37. The summed E-state index contributed by atoms with van der Waals surface area (Å²) < 4.78 is 0.